The van der Waals surface area contributed by atoms with Crippen molar-refractivity contribution in [3.63, 3.8) is 0 Å². The summed E-state index contributed by atoms with van der Waals surface area (Å²) in [4.78, 5) is 61.8. The van der Waals surface area contributed by atoms with Gasteiger partial charge in [0.15, 0.2) is 16.9 Å². The number of hydrogen-bond acceptors (Lipinski definition) is 12. The number of esters is 1. The molecule has 0 radical (unpaired) electrons. The van der Waals surface area contributed by atoms with Crippen molar-refractivity contribution in [2.45, 2.75) is 22.3 Å². The van der Waals surface area contributed by atoms with E-state index in [0.29, 0.717) is 0 Å². The van der Waals surface area contributed by atoms with Crippen molar-refractivity contribution >= 4 is 81.1 Å². The summed E-state index contributed by atoms with van der Waals surface area (Å²) < 4.78 is 4.63. The number of thioether (sulfide) groups is 2. The molecule has 2 unspecified atom stereocenters. The van der Waals surface area contributed by atoms with Crippen LogP contribution in [0.5, 0.6) is 0 Å². The van der Waals surface area contributed by atoms with Gasteiger partial charge in [0.25, 0.3) is 5.91 Å². The van der Waals surface area contributed by atoms with Crippen LogP contribution in [-0.4, -0.2) is 85.8 Å². The first kappa shape index (κ1) is 31.6. The van der Waals surface area contributed by atoms with Gasteiger partial charge >= 0.3 is 11.9 Å². The van der Waals surface area contributed by atoms with Gasteiger partial charge in [-0.1, -0.05) is 88.8 Å². The Morgan fingerprint density at radius 1 is 1.20 bits per heavy atom. The van der Waals surface area contributed by atoms with Crippen LogP contribution in [0.25, 0.3) is 0 Å². The Balaban J connectivity index is 1.28. The number of thiazole rings is 1. The Morgan fingerprint density at radius 3 is 2.39 bits per heavy atom. The molecule has 4 N–H and O–H groups in total. The van der Waals surface area contributed by atoms with E-state index in [2.05, 4.69) is 15.5 Å². The number of carbonyl (C=O) groups is 4. The molecule has 1 aromatic heterocycles. The predicted octanol–water partition coefficient (Wildman–Crippen LogP) is 3.02. The predicted molar refractivity (Wildman–Crippen MR) is 169 cm³/mol. The van der Waals surface area contributed by atoms with Crippen LogP contribution in [0.15, 0.2) is 65.8 Å². The van der Waals surface area contributed by atoms with Crippen LogP contribution in [0, 0.1) is 0 Å². The molecule has 0 aliphatic carbocycles. The molecule has 0 bridgehead atoms. The third-order valence-electron chi connectivity index (χ3n) is 6.96. The van der Waals surface area contributed by atoms with E-state index >= 15 is 0 Å². The van der Waals surface area contributed by atoms with Crippen LogP contribution in [0.3, 0.4) is 0 Å². The van der Waals surface area contributed by atoms with Crippen LogP contribution in [0.1, 0.15) is 22.9 Å². The minimum absolute atomic E-state index is 0.0138. The van der Waals surface area contributed by atoms with Crippen molar-refractivity contribution in [2.75, 3.05) is 30.9 Å². The average Bonchev–Trinajstić information content (AvgIpc) is 3.37. The summed E-state index contributed by atoms with van der Waals surface area (Å²) in [5.41, 5.74) is 6.80. The van der Waals surface area contributed by atoms with Gasteiger partial charge in [-0.25, -0.2) is 9.78 Å². The van der Waals surface area contributed by atoms with E-state index in [1.807, 2.05) is 60.7 Å². The Bertz CT molecular complexity index is 1550. The maximum absolute atomic E-state index is 13.4. The number of carboxylic acids is 1. The van der Waals surface area contributed by atoms with Crippen molar-refractivity contribution in [1.29, 1.82) is 0 Å². The zero-order valence-corrected chi connectivity index (χ0v) is 26.3. The molecule has 0 spiro atoms. The number of nitrogens with two attached hydrogens (primary N) is 1. The number of carbonyl (C=O) groups excluding carboxylic acids is 3. The summed E-state index contributed by atoms with van der Waals surface area (Å²) in [6.45, 7) is -0.634. The number of nitrogens with zero attached hydrogens (tertiary/aromatic N) is 3. The molecule has 0 saturated carbocycles. The number of β-lactam (4-membered cyclic amide) rings is 1. The Hall–Kier alpha value is -3.79. The van der Waals surface area contributed by atoms with Gasteiger partial charge in [0.05, 0.1) is 0 Å². The molecule has 12 nitrogen and oxygen atoms in total. The largest absolute Gasteiger partial charge is 0.480 e. The van der Waals surface area contributed by atoms with Gasteiger partial charge in [-0.05, 0) is 17.4 Å². The number of benzene rings is 2. The van der Waals surface area contributed by atoms with Crippen molar-refractivity contribution in [1.82, 2.24) is 15.2 Å². The number of halogens is 1. The molecule has 5 rings (SSSR count). The monoisotopic (exact) mass is 675 g/mol. The van der Waals surface area contributed by atoms with Crippen LogP contribution in [0.4, 0.5) is 5.13 Å². The maximum Gasteiger partial charge on any atom is 0.347 e. The summed E-state index contributed by atoms with van der Waals surface area (Å²) in [6.07, 6.45) is 0.976. The van der Waals surface area contributed by atoms with E-state index in [9.17, 15) is 24.3 Å². The van der Waals surface area contributed by atoms with Gasteiger partial charge in [-0.2, -0.15) is 0 Å². The number of oxime groups is 1. The highest BCUT2D eigenvalue weighted by molar-refractivity contribution is 8.04. The number of aromatic nitrogens is 1. The minimum Gasteiger partial charge on any atom is -0.480 e. The zero-order chi connectivity index (χ0) is 31.4. The Kier molecular flexibility index (Phi) is 9.68. The molecular formula is C28H26ClN5O7S3. The second-order valence-corrected chi connectivity index (χ2v) is 13.6. The zero-order valence-electron chi connectivity index (χ0n) is 23.0. The highest BCUT2D eigenvalue weighted by Crippen LogP contribution is 2.43. The van der Waals surface area contributed by atoms with Gasteiger partial charge in [0, 0.05) is 12.3 Å². The van der Waals surface area contributed by atoms with Gasteiger partial charge in [0.2, 0.25) is 12.5 Å². The van der Waals surface area contributed by atoms with E-state index in [1.165, 1.54) is 28.4 Å². The molecule has 3 atom stereocenters. The standard InChI is InChI=1S/C28H26ClN5O7S3/c1-42-28(26(38)39)13-34-24(37)20(25(34)43-14-28)31-23(36)19(18-22(29)44-27(30)32-18)33-40-12-17(35)41-21(15-8-4-2-5-9-15)16-10-6-3-7-11-16/h2-11,20-21,25H,12-14H2,1H3,(H2,30,32)(H,31,36)(H,38,39)/t20?,25-,28?/m1/s1. The lowest BCUT2D eigenvalue weighted by Gasteiger charge is -2.53. The molecule has 3 heterocycles. The molecule has 16 heteroatoms. The number of ether oxygens (including phenoxy) is 1. The fraction of sp³-hybridized carbons (Fsp3) is 0.286. The first-order valence-corrected chi connectivity index (χ1v) is 16.5. The Labute approximate surface area is 269 Å². The summed E-state index contributed by atoms with van der Waals surface area (Å²) in [7, 11) is 0. The first-order valence-electron chi connectivity index (χ1n) is 13.1. The van der Waals surface area contributed by atoms with Gasteiger partial charge < -0.3 is 30.6 Å². The van der Waals surface area contributed by atoms with Crippen LogP contribution in [-0.2, 0) is 28.8 Å². The molecule has 2 amide bonds. The molecule has 230 valence electrons. The summed E-state index contributed by atoms with van der Waals surface area (Å²) in [5, 5.41) is 15.8. The minimum atomic E-state index is -1.13. The van der Waals surface area contributed by atoms with Crippen LogP contribution in [0.2, 0.25) is 4.34 Å². The van der Waals surface area contributed by atoms with E-state index in [0.717, 1.165) is 22.5 Å². The van der Waals surface area contributed by atoms with Crippen molar-refractivity contribution in [3.8, 4) is 0 Å². The normalized spacial score (nSPS) is 21.3. The Morgan fingerprint density at radius 2 is 1.84 bits per heavy atom. The second-order valence-electron chi connectivity index (χ2n) is 9.70. The van der Waals surface area contributed by atoms with Crippen LogP contribution < -0.4 is 11.1 Å². The fourth-order valence-electron chi connectivity index (χ4n) is 4.66. The number of rotatable bonds is 11. The van der Waals surface area contributed by atoms with E-state index in [4.69, 9.17) is 26.9 Å². The van der Waals surface area contributed by atoms with E-state index < -0.39 is 58.3 Å². The van der Waals surface area contributed by atoms with Crippen molar-refractivity contribution in [3.05, 3.63) is 81.8 Å². The SMILES string of the molecule is CSC1(C(=O)O)CS[C@@H]2C(NC(=O)C(=NOCC(=O)OC(c3ccccc3)c3ccccc3)c3nc(N)sc3Cl)C(=O)N2C1. The third kappa shape index (κ3) is 6.50. The average molecular weight is 676 g/mol. The number of fused-ring (bicyclic) bond motifs is 1. The van der Waals surface area contributed by atoms with E-state index in [-0.39, 0.29) is 27.5 Å². The maximum atomic E-state index is 13.4. The summed E-state index contributed by atoms with van der Waals surface area (Å²) in [6, 6.07) is 17.4. The lowest BCUT2D eigenvalue weighted by molar-refractivity contribution is -0.153. The van der Waals surface area contributed by atoms with E-state index in [1.54, 1.807) is 6.26 Å². The van der Waals surface area contributed by atoms with Gasteiger partial charge in [-0.15, -0.1) is 23.5 Å². The number of hydrogen-bond donors (Lipinski definition) is 3. The summed E-state index contributed by atoms with van der Waals surface area (Å²) in [5.74, 6) is -2.78. The molecular weight excluding hydrogens is 650 g/mol. The number of nitrogens with one attached hydrogen (secondary N) is 1. The molecule has 2 fully saturated rings. The fourth-order valence-corrected chi connectivity index (χ4v) is 8.09. The molecule has 44 heavy (non-hydrogen) atoms. The molecule has 2 saturated heterocycles. The summed E-state index contributed by atoms with van der Waals surface area (Å²) >= 11 is 9.60. The number of nitrogen functional groups attached to an aromatic ring is 1. The lowest BCUT2D eigenvalue weighted by atomic mass is 10.0. The third-order valence-corrected chi connectivity index (χ3v) is 11.0. The molecule has 2 aromatic carbocycles. The van der Waals surface area contributed by atoms with Crippen LogP contribution >= 0.6 is 46.5 Å². The molecule has 2 aliphatic heterocycles. The molecule has 2 aliphatic rings. The number of anilines is 1. The quantitative estimate of drug-likeness (QED) is 0.118. The number of amides is 2. The number of aliphatic carboxylic acids is 1. The topological polar surface area (TPSA) is 174 Å². The van der Waals surface area contributed by atoms with Gasteiger partial charge in [-0.3, -0.25) is 14.4 Å². The highest BCUT2D eigenvalue weighted by atomic mass is 35.5. The van der Waals surface area contributed by atoms with Gasteiger partial charge in [0.1, 0.15) is 26.2 Å². The second kappa shape index (κ2) is 13.5. The van der Waals surface area contributed by atoms with Crippen molar-refractivity contribution < 1.29 is 33.9 Å². The lowest BCUT2D eigenvalue weighted by Crippen LogP contribution is -2.74. The number of carboxylic acid groups (broad SMARTS) is 1. The smallest absolute Gasteiger partial charge is 0.347 e. The highest BCUT2D eigenvalue weighted by Gasteiger charge is 2.57. The first-order chi connectivity index (χ1) is 21.1. The van der Waals surface area contributed by atoms with Crippen molar-refractivity contribution in [2.24, 2.45) is 5.16 Å². The molecule has 3 aromatic rings.